The zero-order chi connectivity index (χ0) is 12.4. The lowest BCUT2D eigenvalue weighted by atomic mass is 9.91. The first kappa shape index (κ1) is 11.9. The molecular formula is C13H20N4. The second-order valence-electron chi connectivity index (χ2n) is 5.16. The van der Waals surface area contributed by atoms with Crippen LogP contribution in [0.1, 0.15) is 25.8 Å². The molecule has 0 aliphatic carbocycles. The Kier molecular flexibility index (Phi) is 3.31. The molecule has 4 nitrogen and oxygen atoms in total. The molecule has 1 aromatic heterocycles. The molecule has 3 N–H and O–H groups in total. The van der Waals surface area contributed by atoms with Gasteiger partial charge in [-0.2, -0.15) is 0 Å². The van der Waals surface area contributed by atoms with Gasteiger partial charge in [0.15, 0.2) is 0 Å². The normalized spacial score (nSPS) is 24.7. The highest BCUT2D eigenvalue weighted by molar-refractivity contribution is 6.00. The Balaban J connectivity index is 2.30. The maximum atomic E-state index is 7.62. The standard InChI is InChI=1S/C13H20N4/c1-9-5-10(2)8-17(7-9)12-6-16-4-3-11(12)13(14)15/h3-4,6,9-10H,5,7-8H2,1-2H3,(H3,14,15). The minimum absolute atomic E-state index is 0.119. The molecule has 1 saturated heterocycles. The van der Waals surface area contributed by atoms with Gasteiger partial charge >= 0.3 is 0 Å². The average Bonchev–Trinajstić information content (AvgIpc) is 2.27. The zero-order valence-electron chi connectivity index (χ0n) is 10.5. The molecule has 0 saturated carbocycles. The fourth-order valence-corrected chi connectivity index (χ4v) is 2.73. The molecule has 2 rings (SSSR count). The van der Waals surface area contributed by atoms with Gasteiger partial charge in [-0.25, -0.2) is 0 Å². The first-order chi connectivity index (χ1) is 8.08. The van der Waals surface area contributed by atoms with E-state index in [0.29, 0.717) is 11.8 Å². The molecular weight excluding hydrogens is 212 g/mol. The second-order valence-corrected chi connectivity index (χ2v) is 5.16. The highest BCUT2D eigenvalue weighted by atomic mass is 15.1. The smallest absolute Gasteiger partial charge is 0.125 e. The van der Waals surface area contributed by atoms with Crippen molar-refractivity contribution >= 4 is 11.5 Å². The SMILES string of the molecule is CC1CC(C)CN(c2cnccc2C(=N)N)C1. The summed E-state index contributed by atoms with van der Waals surface area (Å²) in [5, 5.41) is 7.62. The number of amidine groups is 1. The Morgan fingerprint density at radius 3 is 2.65 bits per heavy atom. The Labute approximate surface area is 102 Å². The van der Waals surface area contributed by atoms with Crippen LogP contribution in [0.4, 0.5) is 5.69 Å². The van der Waals surface area contributed by atoms with Crippen LogP contribution < -0.4 is 10.6 Å². The third-order valence-electron chi connectivity index (χ3n) is 3.30. The Morgan fingerprint density at radius 1 is 1.41 bits per heavy atom. The third kappa shape index (κ3) is 2.57. The fraction of sp³-hybridized carbons (Fsp3) is 0.538. The van der Waals surface area contributed by atoms with Crippen molar-refractivity contribution in [2.24, 2.45) is 17.6 Å². The van der Waals surface area contributed by atoms with Gasteiger partial charge in [0.2, 0.25) is 0 Å². The van der Waals surface area contributed by atoms with Crippen molar-refractivity contribution < 1.29 is 0 Å². The van der Waals surface area contributed by atoms with Gasteiger partial charge in [-0.15, -0.1) is 0 Å². The Morgan fingerprint density at radius 2 is 2.06 bits per heavy atom. The van der Waals surface area contributed by atoms with Crippen LogP contribution in [0.3, 0.4) is 0 Å². The van der Waals surface area contributed by atoms with E-state index in [-0.39, 0.29) is 5.84 Å². The van der Waals surface area contributed by atoms with Crippen molar-refractivity contribution in [1.82, 2.24) is 4.98 Å². The van der Waals surface area contributed by atoms with E-state index in [0.717, 1.165) is 24.3 Å². The molecule has 2 unspecified atom stereocenters. The number of nitrogens with one attached hydrogen (secondary N) is 1. The van der Waals surface area contributed by atoms with E-state index in [1.54, 1.807) is 6.20 Å². The molecule has 0 spiro atoms. The molecule has 0 amide bonds. The van der Waals surface area contributed by atoms with Crippen molar-refractivity contribution in [1.29, 1.82) is 5.41 Å². The number of aromatic nitrogens is 1. The largest absolute Gasteiger partial charge is 0.384 e. The summed E-state index contributed by atoms with van der Waals surface area (Å²) in [7, 11) is 0. The van der Waals surface area contributed by atoms with Crippen LogP contribution in [0.15, 0.2) is 18.5 Å². The van der Waals surface area contributed by atoms with E-state index in [4.69, 9.17) is 11.1 Å². The second kappa shape index (κ2) is 4.73. The van der Waals surface area contributed by atoms with Crippen LogP contribution in [0.2, 0.25) is 0 Å². The van der Waals surface area contributed by atoms with E-state index < -0.39 is 0 Å². The molecule has 1 aliphatic heterocycles. The number of nitrogens with two attached hydrogens (primary N) is 1. The van der Waals surface area contributed by atoms with Gasteiger partial charge in [0.05, 0.1) is 11.9 Å². The number of nitrogen functional groups attached to an aromatic ring is 1. The predicted octanol–water partition coefficient (Wildman–Crippen LogP) is 1.85. The van der Waals surface area contributed by atoms with Gasteiger partial charge < -0.3 is 10.6 Å². The van der Waals surface area contributed by atoms with Crippen molar-refractivity contribution in [3.05, 3.63) is 24.0 Å². The molecule has 0 aromatic carbocycles. The van der Waals surface area contributed by atoms with Crippen molar-refractivity contribution in [3.63, 3.8) is 0 Å². The van der Waals surface area contributed by atoms with Crippen LogP contribution >= 0.6 is 0 Å². The van der Waals surface area contributed by atoms with Gasteiger partial charge in [0.1, 0.15) is 5.84 Å². The lowest BCUT2D eigenvalue weighted by Gasteiger charge is -2.37. The van der Waals surface area contributed by atoms with Crippen LogP contribution in [0.25, 0.3) is 0 Å². The van der Waals surface area contributed by atoms with Crippen molar-refractivity contribution in [2.45, 2.75) is 20.3 Å². The van der Waals surface area contributed by atoms with Crippen LogP contribution in [0.5, 0.6) is 0 Å². The molecule has 0 bridgehead atoms. The number of nitrogens with zero attached hydrogens (tertiary/aromatic N) is 2. The van der Waals surface area contributed by atoms with Gasteiger partial charge in [0, 0.05) is 24.8 Å². The maximum absolute atomic E-state index is 7.62. The highest BCUT2D eigenvalue weighted by Crippen LogP contribution is 2.27. The summed E-state index contributed by atoms with van der Waals surface area (Å²) in [6.45, 7) is 6.59. The lowest BCUT2D eigenvalue weighted by Crippen LogP contribution is -2.39. The van der Waals surface area contributed by atoms with Crippen LogP contribution in [-0.2, 0) is 0 Å². The van der Waals surface area contributed by atoms with Crippen molar-refractivity contribution in [3.8, 4) is 0 Å². The molecule has 1 fully saturated rings. The van der Waals surface area contributed by atoms with Gasteiger partial charge in [-0.3, -0.25) is 10.4 Å². The molecule has 1 aliphatic rings. The number of pyridine rings is 1. The summed E-state index contributed by atoms with van der Waals surface area (Å²) >= 11 is 0. The van der Waals surface area contributed by atoms with Crippen LogP contribution in [-0.4, -0.2) is 23.9 Å². The van der Waals surface area contributed by atoms with E-state index in [1.165, 1.54) is 6.42 Å². The zero-order valence-corrected chi connectivity index (χ0v) is 10.5. The number of rotatable bonds is 2. The molecule has 4 heteroatoms. The summed E-state index contributed by atoms with van der Waals surface area (Å²) in [4.78, 5) is 6.47. The van der Waals surface area contributed by atoms with E-state index >= 15 is 0 Å². The summed E-state index contributed by atoms with van der Waals surface area (Å²) in [5.74, 6) is 1.48. The highest BCUT2D eigenvalue weighted by Gasteiger charge is 2.24. The lowest BCUT2D eigenvalue weighted by molar-refractivity contribution is 0.356. The maximum Gasteiger partial charge on any atom is 0.125 e. The Hall–Kier alpha value is -1.58. The molecule has 17 heavy (non-hydrogen) atoms. The van der Waals surface area contributed by atoms with E-state index in [9.17, 15) is 0 Å². The number of hydrogen-bond donors (Lipinski definition) is 2. The summed E-state index contributed by atoms with van der Waals surface area (Å²) in [6.07, 6.45) is 4.78. The quantitative estimate of drug-likeness (QED) is 0.604. The fourth-order valence-electron chi connectivity index (χ4n) is 2.73. The molecule has 0 radical (unpaired) electrons. The molecule has 92 valence electrons. The molecule has 2 heterocycles. The van der Waals surface area contributed by atoms with Gasteiger partial charge in [-0.1, -0.05) is 13.8 Å². The summed E-state index contributed by atoms with van der Waals surface area (Å²) in [6, 6.07) is 1.82. The summed E-state index contributed by atoms with van der Waals surface area (Å²) < 4.78 is 0. The minimum Gasteiger partial charge on any atom is -0.384 e. The third-order valence-corrected chi connectivity index (χ3v) is 3.30. The molecule has 1 aromatic rings. The summed E-state index contributed by atoms with van der Waals surface area (Å²) in [5.41, 5.74) is 7.41. The predicted molar refractivity (Wildman–Crippen MR) is 70.4 cm³/mol. The Bertz CT molecular complexity index is 406. The number of anilines is 1. The number of hydrogen-bond acceptors (Lipinski definition) is 3. The average molecular weight is 232 g/mol. The minimum atomic E-state index is 0.119. The van der Waals surface area contributed by atoms with E-state index in [2.05, 4.69) is 23.7 Å². The van der Waals surface area contributed by atoms with Crippen molar-refractivity contribution in [2.75, 3.05) is 18.0 Å². The van der Waals surface area contributed by atoms with Gasteiger partial charge in [0.25, 0.3) is 0 Å². The topological polar surface area (TPSA) is 66.0 Å². The number of piperidine rings is 1. The van der Waals surface area contributed by atoms with Crippen LogP contribution in [0, 0.1) is 17.2 Å². The monoisotopic (exact) mass is 232 g/mol. The van der Waals surface area contributed by atoms with E-state index in [1.807, 2.05) is 12.3 Å². The van der Waals surface area contributed by atoms with Gasteiger partial charge in [-0.05, 0) is 24.3 Å². The first-order valence-electron chi connectivity index (χ1n) is 6.11. The molecule has 2 atom stereocenters. The first-order valence-corrected chi connectivity index (χ1v) is 6.11.